The number of fused-ring (bicyclic) bond motifs is 2. The minimum absolute atomic E-state index is 0.0596. The fourth-order valence-corrected chi connectivity index (χ4v) is 4.39. The van der Waals surface area contributed by atoms with E-state index in [9.17, 15) is 4.79 Å². The lowest BCUT2D eigenvalue weighted by Crippen LogP contribution is -2.08. The van der Waals surface area contributed by atoms with Crippen molar-refractivity contribution in [2.24, 2.45) is 0 Å². The van der Waals surface area contributed by atoms with Crippen LogP contribution in [-0.4, -0.2) is 10.8 Å². The number of para-hydroxylation sites is 1. The summed E-state index contributed by atoms with van der Waals surface area (Å²) in [7, 11) is 0. The molecule has 3 N–H and O–H groups in total. The van der Waals surface area contributed by atoms with Gasteiger partial charge in [0.25, 0.3) is 0 Å². The predicted octanol–water partition coefficient (Wildman–Crippen LogP) is 3.92. The maximum absolute atomic E-state index is 13.0. The quantitative estimate of drug-likeness (QED) is 0.704. The number of aromatic amines is 1. The first kappa shape index (κ1) is 12.7. The van der Waals surface area contributed by atoms with Crippen LogP contribution in [0.5, 0.6) is 0 Å². The first-order valence-corrected chi connectivity index (χ1v) is 8.08. The molecule has 1 aromatic carbocycles. The van der Waals surface area contributed by atoms with Gasteiger partial charge in [-0.1, -0.05) is 18.2 Å². The lowest BCUT2D eigenvalue weighted by molar-refractivity contribution is 0.104. The van der Waals surface area contributed by atoms with Gasteiger partial charge in [0.05, 0.1) is 10.6 Å². The molecular formula is C17H16N2OS. The van der Waals surface area contributed by atoms with Gasteiger partial charge < -0.3 is 10.7 Å². The van der Waals surface area contributed by atoms with E-state index in [1.807, 2.05) is 24.3 Å². The largest absolute Gasteiger partial charge is 0.390 e. The molecule has 0 aliphatic heterocycles. The monoisotopic (exact) mass is 296 g/mol. The van der Waals surface area contributed by atoms with E-state index in [1.54, 1.807) is 17.5 Å². The normalized spacial score (nSPS) is 14.3. The standard InChI is InChI=1S/C17H16N2OS/c18-17-15(11-6-2-4-8-14(11)21-17)16(20)12-9-19-13-7-3-1-5-10(12)13/h1,3,5,7,9,19H,2,4,6,8,18H2. The molecule has 106 valence electrons. The zero-order valence-electron chi connectivity index (χ0n) is 11.6. The third kappa shape index (κ3) is 1.90. The van der Waals surface area contributed by atoms with Crippen LogP contribution < -0.4 is 5.73 Å². The van der Waals surface area contributed by atoms with Crippen molar-refractivity contribution < 1.29 is 4.79 Å². The molecule has 1 aliphatic carbocycles. The van der Waals surface area contributed by atoms with Crippen LogP contribution in [0.25, 0.3) is 10.9 Å². The number of aromatic nitrogens is 1. The van der Waals surface area contributed by atoms with Crippen LogP contribution in [0.15, 0.2) is 30.5 Å². The average Bonchev–Trinajstić information content (AvgIpc) is 3.06. The van der Waals surface area contributed by atoms with Crippen molar-refractivity contribution in [2.75, 3.05) is 5.73 Å². The fourth-order valence-electron chi connectivity index (χ4n) is 3.23. The topological polar surface area (TPSA) is 58.9 Å². The first-order valence-electron chi connectivity index (χ1n) is 7.26. The number of anilines is 1. The number of hydrogen-bond donors (Lipinski definition) is 2. The molecule has 21 heavy (non-hydrogen) atoms. The zero-order valence-corrected chi connectivity index (χ0v) is 12.4. The number of nitrogens with two attached hydrogens (primary N) is 1. The van der Waals surface area contributed by atoms with Gasteiger partial charge in [-0.15, -0.1) is 11.3 Å². The van der Waals surface area contributed by atoms with Gasteiger partial charge in [-0.05, 0) is 37.3 Å². The maximum atomic E-state index is 13.0. The van der Waals surface area contributed by atoms with Crippen LogP contribution in [0, 0.1) is 0 Å². The lowest BCUT2D eigenvalue weighted by Gasteiger charge is -2.12. The second kappa shape index (κ2) is 4.74. The van der Waals surface area contributed by atoms with Gasteiger partial charge in [0, 0.05) is 27.5 Å². The summed E-state index contributed by atoms with van der Waals surface area (Å²) < 4.78 is 0. The number of carbonyl (C=O) groups is 1. The Balaban J connectivity index is 1.87. The molecule has 4 rings (SSSR count). The van der Waals surface area contributed by atoms with Crippen LogP contribution in [-0.2, 0) is 12.8 Å². The van der Waals surface area contributed by atoms with Crippen LogP contribution in [0.4, 0.5) is 5.00 Å². The van der Waals surface area contributed by atoms with Crippen molar-refractivity contribution in [1.29, 1.82) is 0 Å². The van der Waals surface area contributed by atoms with Crippen molar-refractivity contribution in [2.45, 2.75) is 25.7 Å². The van der Waals surface area contributed by atoms with Crippen molar-refractivity contribution in [3.8, 4) is 0 Å². The smallest absolute Gasteiger partial charge is 0.198 e. The lowest BCUT2D eigenvalue weighted by atomic mass is 9.92. The van der Waals surface area contributed by atoms with E-state index in [4.69, 9.17) is 5.73 Å². The molecule has 2 heterocycles. The molecule has 0 atom stereocenters. The van der Waals surface area contributed by atoms with E-state index < -0.39 is 0 Å². The molecule has 0 spiro atoms. The van der Waals surface area contributed by atoms with Crippen LogP contribution in [0.2, 0.25) is 0 Å². The molecule has 4 heteroatoms. The summed E-state index contributed by atoms with van der Waals surface area (Å²) in [6.07, 6.45) is 6.20. The van der Waals surface area contributed by atoms with Crippen molar-refractivity contribution in [1.82, 2.24) is 4.98 Å². The van der Waals surface area contributed by atoms with Gasteiger partial charge in [-0.25, -0.2) is 0 Å². The Morgan fingerprint density at radius 3 is 2.90 bits per heavy atom. The number of carbonyl (C=O) groups excluding carboxylic acids is 1. The molecule has 0 unspecified atom stereocenters. The second-order valence-electron chi connectivity index (χ2n) is 5.53. The van der Waals surface area contributed by atoms with Gasteiger partial charge in [0.2, 0.25) is 0 Å². The highest BCUT2D eigenvalue weighted by Gasteiger charge is 2.26. The molecule has 3 nitrogen and oxygen atoms in total. The number of aryl methyl sites for hydroxylation is 1. The van der Waals surface area contributed by atoms with E-state index in [2.05, 4.69) is 4.98 Å². The highest BCUT2D eigenvalue weighted by atomic mass is 32.1. The summed E-state index contributed by atoms with van der Waals surface area (Å²) in [5, 5.41) is 1.65. The average molecular weight is 296 g/mol. The number of nitrogens with one attached hydrogen (secondary N) is 1. The number of hydrogen-bond acceptors (Lipinski definition) is 3. The molecule has 0 bridgehead atoms. The Morgan fingerprint density at radius 2 is 2.00 bits per heavy atom. The Kier molecular flexibility index (Phi) is 2.86. The molecule has 3 aromatic rings. The number of rotatable bonds is 2. The molecule has 0 radical (unpaired) electrons. The Labute approximate surface area is 126 Å². The number of thiophene rings is 1. The molecule has 0 saturated heterocycles. The third-order valence-corrected chi connectivity index (χ3v) is 5.38. The van der Waals surface area contributed by atoms with Gasteiger partial charge in [0.1, 0.15) is 0 Å². The summed E-state index contributed by atoms with van der Waals surface area (Å²) in [5.74, 6) is 0.0596. The van der Waals surface area contributed by atoms with E-state index >= 15 is 0 Å². The summed E-state index contributed by atoms with van der Waals surface area (Å²) in [5.41, 5.74) is 9.82. The van der Waals surface area contributed by atoms with Crippen molar-refractivity contribution >= 4 is 33.0 Å². The minimum atomic E-state index is 0.0596. The third-order valence-electron chi connectivity index (χ3n) is 4.26. The Hall–Kier alpha value is -2.07. The number of H-pyrrole nitrogens is 1. The predicted molar refractivity (Wildman–Crippen MR) is 87.1 cm³/mol. The Morgan fingerprint density at radius 1 is 1.19 bits per heavy atom. The van der Waals surface area contributed by atoms with Gasteiger partial charge >= 0.3 is 0 Å². The van der Waals surface area contributed by atoms with Gasteiger partial charge in [-0.2, -0.15) is 0 Å². The van der Waals surface area contributed by atoms with Crippen molar-refractivity contribution in [3.05, 3.63) is 52.0 Å². The van der Waals surface area contributed by atoms with Crippen LogP contribution in [0.3, 0.4) is 0 Å². The van der Waals surface area contributed by atoms with E-state index in [1.165, 1.54) is 16.9 Å². The van der Waals surface area contributed by atoms with Gasteiger partial charge in [0.15, 0.2) is 5.78 Å². The summed E-state index contributed by atoms with van der Waals surface area (Å²) in [6, 6.07) is 7.89. The highest BCUT2D eigenvalue weighted by Crippen LogP contribution is 2.38. The highest BCUT2D eigenvalue weighted by molar-refractivity contribution is 7.16. The van der Waals surface area contributed by atoms with E-state index in [0.717, 1.165) is 41.3 Å². The van der Waals surface area contributed by atoms with E-state index in [-0.39, 0.29) is 5.78 Å². The molecule has 2 aromatic heterocycles. The van der Waals surface area contributed by atoms with Gasteiger partial charge in [-0.3, -0.25) is 4.79 Å². The zero-order chi connectivity index (χ0) is 14.4. The Bertz CT molecular complexity index is 844. The maximum Gasteiger partial charge on any atom is 0.198 e. The molecule has 0 fully saturated rings. The molecule has 1 aliphatic rings. The summed E-state index contributed by atoms with van der Waals surface area (Å²) >= 11 is 1.59. The second-order valence-corrected chi connectivity index (χ2v) is 6.66. The fraction of sp³-hybridized carbons (Fsp3) is 0.235. The van der Waals surface area contributed by atoms with Crippen LogP contribution in [0.1, 0.15) is 39.2 Å². The molecule has 0 saturated carbocycles. The summed E-state index contributed by atoms with van der Waals surface area (Å²) in [4.78, 5) is 17.5. The molecular weight excluding hydrogens is 280 g/mol. The minimum Gasteiger partial charge on any atom is -0.390 e. The van der Waals surface area contributed by atoms with E-state index in [0.29, 0.717) is 5.00 Å². The number of ketones is 1. The number of nitrogen functional groups attached to an aromatic ring is 1. The molecule has 0 amide bonds. The van der Waals surface area contributed by atoms with Crippen molar-refractivity contribution in [3.63, 3.8) is 0 Å². The number of benzene rings is 1. The summed E-state index contributed by atoms with van der Waals surface area (Å²) in [6.45, 7) is 0. The first-order chi connectivity index (χ1) is 10.3. The SMILES string of the molecule is Nc1sc2c(c1C(=O)c1c[nH]c3ccccc13)CCCC2. The van der Waals surface area contributed by atoms with Crippen LogP contribution >= 0.6 is 11.3 Å².